The molecular weight excluding hydrogens is 268 g/mol. The highest BCUT2D eigenvalue weighted by molar-refractivity contribution is 5.76. The van der Waals surface area contributed by atoms with Gasteiger partial charge in [-0.1, -0.05) is 5.21 Å². The molecule has 0 N–H and O–H groups in total. The Morgan fingerprint density at radius 1 is 1.14 bits per heavy atom. The monoisotopic (exact) mass is 282 g/mol. The van der Waals surface area contributed by atoms with Crippen LogP contribution in [-0.2, 0) is 0 Å². The van der Waals surface area contributed by atoms with Crippen LogP contribution in [0, 0.1) is 11.3 Å². The van der Waals surface area contributed by atoms with Crippen molar-refractivity contribution in [3.63, 3.8) is 0 Å². The van der Waals surface area contributed by atoms with E-state index >= 15 is 0 Å². The van der Waals surface area contributed by atoms with Crippen molar-refractivity contribution in [1.82, 2.24) is 19.9 Å². The second kappa shape index (κ2) is 5.63. The lowest BCUT2D eigenvalue weighted by atomic mass is 10.2. The molecule has 1 aromatic carbocycles. The van der Waals surface area contributed by atoms with Gasteiger partial charge in [-0.2, -0.15) is 9.94 Å². The Hall–Kier alpha value is -2.88. The molecule has 0 atom stereocenters. The number of amides is 1. The number of piperazine rings is 1. The molecule has 1 saturated heterocycles. The maximum absolute atomic E-state index is 12.1. The third kappa shape index (κ3) is 2.69. The van der Waals surface area contributed by atoms with Crippen LogP contribution in [0.3, 0.4) is 0 Å². The zero-order valence-electron chi connectivity index (χ0n) is 11.4. The number of hydrogen-bond acceptors (Lipinski definition) is 5. The molecule has 1 aliphatic heterocycles. The lowest BCUT2D eigenvalue weighted by Gasteiger charge is -2.35. The van der Waals surface area contributed by atoms with Crippen LogP contribution < -0.4 is 4.90 Å². The standard InChI is InChI=1S/C14H14N6O/c15-11-12-1-3-13(4-2-12)18-7-9-19(10-8-18)14(21)20-6-5-16-17-20/h1-6H,7-10H2. The average molecular weight is 282 g/mol. The molecule has 1 aromatic heterocycles. The topological polar surface area (TPSA) is 78.0 Å². The Kier molecular flexibility index (Phi) is 3.51. The molecule has 7 nitrogen and oxygen atoms in total. The fourth-order valence-electron chi connectivity index (χ4n) is 2.36. The molecule has 0 spiro atoms. The third-order valence-corrected chi connectivity index (χ3v) is 3.53. The Labute approximate surface area is 122 Å². The number of rotatable bonds is 1. The van der Waals surface area contributed by atoms with Gasteiger partial charge in [0.2, 0.25) is 0 Å². The molecule has 1 fully saturated rings. The van der Waals surface area contributed by atoms with E-state index in [0.717, 1.165) is 18.8 Å². The number of hydrogen-bond donors (Lipinski definition) is 0. The Morgan fingerprint density at radius 2 is 1.86 bits per heavy atom. The van der Waals surface area contributed by atoms with Gasteiger partial charge in [0.25, 0.3) is 0 Å². The second-order valence-electron chi connectivity index (χ2n) is 4.76. The molecule has 3 rings (SSSR count). The lowest BCUT2D eigenvalue weighted by molar-refractivity contribution is 0.192. The minimum atomic E-state index is -0.146. The van der Waals surface area contributed by atoms with Crippen LogP contribution in [0.2, 0.25) is 0 Å². The molecular formula is C14H14N6O. The van der Waals surface area contributed by atoms with Crippen molar-refractivity contribution in [1.29, 1.82) is 5.26 Å². The molecule has 106 valence electrons. The van der Waals surface area contributed by atoms with Crippen molar-refractivity contribution in [2.24, 2.45) is 0 Å². The van der Waals surface area contributed by atoms with Crippen LogP contribution in [0.25, 0.3) is 0 Å². The number of nitriles is 1. The van der Waals surface area contributed by atoms with Crippen molar-refractivity contribution in [2.75, 3.05) is 31.1 Å². The molecule has 0 aliphatic carbocycles. The molecule has 2 heterocycles. The average Bonchev–Trinajstić information content (AvgIpc) is 3.09. The highest BCUT2D eigenvalue weighted by Crippen LogP contribution is 2.17. The van der Waals surface area contributed by atoms with Crippen LogP contribution >= 0.6 is 0 Å². The second-order valence-corrected chi connectivity index (χ2v) is 4.76. The largest absolute Gasteiger partial charge is 0.368 e. The first-order valence-electron chi connectivity index (χ1n) is 6.68. The van der Waals surface area contributed by atoms with Gasteiger partial charge in [0.05, 0.1) is 24.0 Å². The quantitative estimate of drug-likeness (QED) is 0.778. The normalized spacial score (nSPS) is 14.8. The molecule has 7 heteroatoms. The SMILES string of the molecule is N#Cc1ccc(N2CCN(C(=O)n3ccnn3)CC2)cc1. The molecule has 21 heavy (non-hydrogen) atoms. The fraction of sp³-hybridized carbons (Fsp3) is 0.286. The predicted octanol–water partition coefficient (Wildman–Crippen LogP) is 0.940. The minimum absolute atomic E-state index is 0.146. The Balaban J connectivity index is 1.62. The summed E-state index contributed by atoms with van der Waals surface area (Å²) in [6.45, 7) is 2.79. The van der Waals surface area contributed by atoms with Gasteiger partial charge < -0.3 is 9.80 Å². The number of carbonyl (C=O) groups is 1. The van der Waals surface area contributed by atoms with E-state index in [-0.39, 0.29) is 6.03 Å². The van der Waals surface area contributed by atoms with Crippen molar-refractivity contribution >= 4 is 11.7 Å². The molecule has 0 bridgehead atoms. The van der Waals surface area contributed by atoms with E-state index in [0.29, 0.717) is 18.7 Å². The first-order valence-corrected chi connectivity index (χ1v) is 6.68. The van der Waals surface area contributed by atoms with Crippen molar-refractivity contribution in [3.05, 3.63) is 42.2 Å². The van der Waals surface area contributed by atoms with Gasteiger partial charge in [-0.3, -0.25) is 0 Å². The lowest BCUT2D eigenvalue weighted by Crippen LogP contribution is -2.50. The maximum Gasteiger partial charge on any atom is 0.346 e. The van der Waals surface area contributed by atoms with E-state index in [4.69, 9.17) is 5.26 Å². The highest BCUT2D eigenvalue weighted by Gasteiger charge is 2.22. The summed E-state index contributed by atoms with van der Waals surface area (Å²) in [4.78, 5) is 16.1. The van der Waals surface area contributed by atoms with Crippen LogP contribution in [0.4, 0.5) is 10.5 Å². The Bertz CT molecular complexity index is 650. The molecule has 2 aromatic rings. The summed E-state index contributed by atoms with van der Waals surface area (Å²) in [7, 11) is 0. The number of nitrogens with zero attached hydrogens (tertiary/aromatic N) is 6. The zero-order chi connectivity index (χ0) is 14.7. The number of aromatic nitrogens is 3. The molecule has 0 radical (unpaired) electrons. The zero-order valence-corrected chi connectivity index (χ0v) is 11.4. The van der Waals surface area contributed by atoms with Gasteiger partial charge in [0, 0.05) is 31.9 Å². The van der Waals surface area contributed by atoms with Gasteiger partial charge in [-0.25, -0.2) is 4.79 Å². The van der Waals surface area contributed by atoms with Crippen molar-refractivity contribution < 1.29 is 4.79 Å². The number of anilines is 1. The molecule has 1 amide bonds. The maximum atomic E-state index is 12.1. The van der Waals surface area contributed by atoms with Crippen LogP contribution in [-0.4, -0.2) is 52.1 Å². The van der Waals surface area contributed by atoms with Gasteiger partial charge in [0.1, 0.15) is 0 Å². The number of benzene rings is 1. The summed E-state index contributed by atoms with van der Waals surface area (Å²) in [6, 6.07) is 9.45. The van der Waals surface area contributed by atoms with E-state index in [1.165, 1.54) is 10.9 Å². The molecule has 1 aliphatic rings. The van der Waals surface area contributed by atoms with Crippen molar-refractivity contribution in [3.8, 4) is 6.07 Å². The third-order valence-electron chi connectivity index (χ3n) is 3.53. The van der Waals surface area contributed by atoms with E-state index in [9.17, 15) is 4.79 Å². The van der Waals surface area contributed by atoms with Crippen LogP contribution in [0.15, 0.2) is 36.7 Å². The summed E-state index contributed by atoms with van der Waals surface area (Å²) in [5.74, 6) is 0. The van der Waals surface area contributed by atoms with Crippen LogP contribution in [0.1, 0.15) is 5.56 Å². The van der Waals surface area contributed by atoms with Crippen LogP contribution in [0.5, 0.6) is 0 Å². The fourth-order valence-corrected chi connectivity index (χ4v) is 2.36. The van der Waals surface area contributed by atoms with Gasteiger partial charge in [-0.05, 0) is 24.3 Å². The van der Waals surface area contributed by atoms with Crippen molar-refractivity contribution in [2.45, 2.75) is 0 Å². The van der Waals surface area contributed by atoms with E-state index < -0.39 is 0 Å². The summed E-state index contributed by atoms with van der Waals surface area (Å²) < 4.78 is 1.25. The summed E-state index contributed by atoms with van der Waals surface area (Å²) in [6.07, 6.45) is 3.04. The van der Waals surface area contributed by atoms with Gasteiger partial charge in [-0.15, -0.1) is 5.10 Å². The summed E-state index contributed by atoms with van der Waals surface area (Å²) >= 11 is 0. The van der Waals surface area contributed by atoms with E-state index in [2.05, 4.69) is 21.3 Å². The predicted molar refractivity (Wildman–Crippen MR) is 75.8 cm³/mol. The summed E-state index contributed by atoms with van der Waals surface area (Å²) in [5.41, 5.74) is 1.72. The summed E-state index contributed by atoms with van der Waals surface area (Å²) in [5, 5.41) is 16.2. The highest BCUT2D eigenvalue weighted by atomic mass is 16.2. The van der Waals surface area contributed by atoms with Gasteiger partial charge in [0.15, 0.2) is 0 Å². The first kappa shape index (κ1) is 13.1. The van der Waals surface area contributed by atoms with E-state index in [1.807, 2.05) is 24.3 Å². The van der Waals surface area contributed by atoms with Gasteiger partial charge >= 0.3 is 6.03 Å². The molecule has 0 unspecified atom stereocenters. The first-order chi connectivity index (χ1) is 10.3. The minimum Gasteiger partial charge on any atom is -0.368 e. The van der Waals surface area contributed by atoms with E-state index in [1.54, 1.807) is 11.1 Å². The Morgan fingerprint density at radius 3 is 2.43 bits per heavy atom. The smallest absolute Gasteiger partial charge is 0.346 e. The number of carbonyl (C=O) groups excluding carboxylic acids is 1. The molecule has 0 saturated carbocycles.